The predicted octanol–water partition coefficient (Wildman–Crippen LogP) is 2.82. The molecule has 0 fully saturated rings. The summed E-state index contributed by atoms with van der Waals surface area (Å²) >= 11 is 1.35. The standard InChI is InChI=1S/C17H13N5O3S/c1-20-7-11(6-19-20)8-21-10-18-16-15(17(21)23)14(9-26-16)12-3-2-4-13(5-12)22(24)25/h2-7,9-10H,8H2,1H3. The lowest BCUT2D eigenvalue weighted by Crippen LogP contribution is -2.20. The van der Waals surface area contributed by atoms with Gasteiger partial charge < -0.3 is 0 Å². The molecule has 130 valence electrons. The first-order chi connectivity index (χ1) is 12.5. The third-order valence-corrected chi connectivity index (χ3v) is 4.93. The molecule has 0 radical (unpaired) electrons. The first kappa shape index (κ1) is 16.2. The first-order valence-corrected chi connectivity index (χ1v) is 8.60. The lowest BCUT2D eigenvalue weighted by molar-refractivity contribution is -0.384. The van der Waals surface area contributed by atoms with Crippen LogP contribution in [0.25, 0.3) is 21.3 Å². The molecule has 0 N–H and O–H groups in total. The van der Waals surface area contributed by atoms with Gasteiger partial charge in [0.15, 0.2) is 0 Å². The van der Waals surface area contributed by atoms with E-state index in [9.17, 15) is 14.9 Å². The fourth-order valence-electron chi connectivity index (χ4n) is 2.83. The largest absolute Gasteiger partial charge is 0.294 e. The molecule has 0 aliphatic rings. The topological polar surface area (TPSA) is 95.9 Å². The summed E-state index contributed by atoms with van der Waals surface area (Å²) in [4.78, 5) is 28.5. The minimum atomic E-state index is -0.447. The van der Waals surface area contributed by atoms with Crippen molar-refractivity contribution in [1.29, 1.82) is 0 Å². The van der Waals surface area contributed by atoms with Crippen molar-refractivity contribution in [2.45, 2.75) is 6.54 Å². The number of rotatable bonds is 4. The van der Waals surface area contributed by atoms with Gasteiger partial charge in [-0.15, -0.1) is 11.3 Å². The van der Waals surface area contributed by atoms with Gasteiger partial charge in [-0.25, -0.2) is 4.98 Å². The van der Waals surface area contributed by atoms with Crippen molar-refractivity contribution in [1.82, 2.24) is 19.3 Å². The molecule has 0 saturated carbocycles. The Balaban J connectivity index is 1.84. The van der Waals surface area contributed by atoms with Crippen LogP contribution in [0.5, 0.6) is 0 Å². The lowest BCUT2D eigenvalue weighted by Gasteiger charge is -2.05. The Kier molecular flexibility index (Phi) is 3.85. The Hall–Kier alpha value is -3.33. The molecular formula is C17H13N5O3S. The molecule has 0 saturated heterocycles. The Morgan fingerprint density at radius 1 is 1.35 bits per heavy atom. The van der Waals surface area contributed by atoms with Crippen molar-refractivity contribution in [2.75, 3.05) is 0 Å². The number of nitrogens with zero attached hydrogens (tertiary/aromatic N) is 5. The first-order valence-electron chi connectivity index (χ1n) is 7.72. The summed E-state index contributed by atoms with van der Waals surface area (Å²) in [6.07, 6.45) is 5.06. The van der Waals surface area contributed by atoms with Gasteiger partial charge in [-0.1, -0.05) is 12.1 Å². The van der Waals surface area contributed by atoms with E-state index in [1.165, 1.54) is 34.4 Å². The van der Waals surface area contributed by atoms with Crippen LogP contribution in [0.15, 0.2) is 53.2 Å². The summed E-state index contributed by atoms with van der Waals surface area (Å²) in [5, 5.41) is 17.4. The van der Waals surface area contributed by atoms with Crippen molar-refractivity contribution >= 4 is 27.2 Å². The average Bonchev–Trinajstić information content (AvgIpc) is 3.24. The molecule has 4 aromatic rings. The lowest BCUT2D eigenvalue weighted by atomic mass is 10.1. The van der Waals surface area contributed by atoms with E-state index in [1.54, 1.807) is 23.0 Å². The van der Waals surface area contributed by atoms with Crippen LogP contribution in [0.3, 0.4) is 0 Å². The van der Waals surface area contributed by atoms with Gasteiger partial charge in [0.05, 0.1) is 29.4 Å². The van der Waals surface area contributed by atoms with E-state index in [0.717, 1.165) is 5.56 Å². The number of non-ortho nitro benzene ring substituents is 1. The number of fused-ring (bicyclic) bond motifs is 1. The van der Waals surface area contributed by atoms with Gasteiger partial charge in [0.1, 0.15) is 4.83 Å². The zero-order chi connectivity index (χ0) is 18.3. The number of hydrogen-bond donors (Lipinski definition) is 0. The van der Waals surface area contributed by atoms with E-state index in [4.69, 9.17) is 0 Å². The van der Waals surface area contributed by atoms with Crippen LogP contribution in [0, 0.1) is 10.1 Å². The number of hydrogen-bond acceptors (Lipinski definition) is 6. The van der Waals surface area contributed by atoms with Crippen LogP contribution in [0.1, 0.15) is 5.56 Å². The highest BCUT2D eigenvalue weighted by Crippen LogP contribution is 2.32. The van der Waals surface area contributed by atoms with Crippen LogP contribution < -0.4 is 5.56 Å². The van der Waals surface area contributed by atoms with E-state index in [0.29, 0.717) is 27.9 Å². The Bertz CT molecular complexity index is 1190. The summed E-state index contributed by atoms with van der Waals surface area (Å²) in [7, 11) is 1.81. The molecule has 0 aliphatic heterocycles. The summed E-state index contributed by atoms with van der Waals surface area (Å²) in [6.45, 7) is 0.361. The number of aromatic nitrogens is 4. The Morgan fingerprint density at radius 2 is 2.19 bits per heavy atom. The predicted molar refractivity (Wildman–Crippen MR) is 98.3 cm³/mol. The quantitative estimate of drug-likeness (QED) is 0.408. The van der Waals surface area contributed by atoms with E-state index < -0.39 is 4.92 Å². The van der Waals surface area contributed by atoms with Crippen LogP contribution in [-0.4, -0.2) is 24.3 Å². The minimum Gasteiger partial charge on any atom is -0.294 e. The number of benzene rings is 1. The molecule has 0 spiro atoms. The minimum absolute atomic E-state index is 0.0126. The maximum atomic E-state index is 13.0. The summed E-state index contributed by atoms with van der Waals surface area (Å²) in [6, 6.07) is 6.27. The zero-order valence-electron chi connectivity index (χ0n) is 13.7. The second kappa shape index (κ2) is 6.19. The van der Waals surface area contributed by atoms with Gasteiger partial charge in [-0.3, -0.25) is 24.2 Å². The fourth-order valence-corrected chi connectivity index (χ4v) is 3.74. The smallest absolute Gasteiger partial charge is 0.270 e. The van der Waals surface area contributed by atoms with E-state index >= 15 is 0 Å². The van der Waals surface area contributed by atoms with Gasteiger partial charge in [0, 0.05) is 41.9 Å². The fraction of sp³-hybridized carbons (Fsp3) is 0.118. The highest BCUT2D eigenvalue weighted by molar-refractivity contribution is 7.17. The van der Waals surface area contributed by atoms with Gasteiger partial charge in [-0.2, -0.15) is 5.10 Å². The third-order valence-electron chi connectivity index (χ3n) is 4.04. The molecule has 3 aromatic heterocycles. The SMILES string of the molecule is Cn1cc(Cn2cnc3scc(-c4cccc([N+](=O)[O-])c4)c3c2=O)cn1. The number of nitro benzene ring substituents is 1. The van der Waals surface area contributed by atoms with Gasteiger partial charge in [0.25, 0.3) is 11.2 Å². The van der Waals surface area contributed by atoms with E-state index in [1.807, 2.05) is 18.6 Å². The highest BCUT2D eigenvalue weighted by Gasteiger charge is 2.15. The second-order valence-electron chi connectivity index (χ2n) is 5.84. The summed E-state index contributed by atoms with van der Waals surface area (Å²) in [5.74, 6) is 0. The monoisotopic (exact) mass is 367 g/mol. The normalized spacial score (nSPS) is 11.1. The van der Waals surface area contributed by atoms with Gasteiger partial charge in [0.2, 0.25) is 0 Å². The maximum Gasteiger partial charge on any atom is 0.270 e. The summed E-state index contributed by atoms with van der Waals surface area (Å²) in [5.41, 5.74) is 1.99. The molecule has 8 nitrogen and oxygen atoms in total. The molecule has 0 amide bonds. The molecule has 1 aromatic carbocycles. The Morgan fingerprint density at radius 3 is 2.92 bits per heavy atom. The number of thiophene rings is 1. The number of nitro groups is 1. The van der Waals surface area contributed by atoms with Crippen molar-refractivity contribution in [3.05, 3.63) is 74.4 Å². The molecule has 26 heavy (non-hydrogen) atoms. The van der Waals surface area contributed by atoms with Crippen molar-refractivity contribution in [2.24, 2.45) is 7.05 Å². The van der Waals surface area contributed by atoms with Crippen LogP contribution in [-0.2, 0) is 13.6 Å². The molecular weight excluding hydrogens is 354 g/mol. The summed E-state index contributed by atoms with van der Waals surface area (Å²) < 4.78 is 3.19. The molecule has 3 heterocycles. The van der Waals surface area contributed by atoms with Gasteiger partial charge in [-0.05, 0) is 5.56 Å². The van der Waals surface area contributed by atoms with Crippen molar-refractivity contribution in [3.63, 3.8) is 0 Å². The average molecular weight is 367 g/mol. The molecule has 0 unspecified atom stereocenters. The molecule has 4 rings (SSSR count). The van der Waals surface area contributed by atoms with E-state index in [2.05, 4.69) is 10.1 Å². The number of aryl methyl sites for hydroxylation is 1. The molecule has 9 heteroatoms. The van der Waals surface area contributed by atoms with Crippen LogP contribution in [0.4, 0.5) is 5.69 Å². The van der Waals surface area contributed by atoms with Crippen LogP contribution >= 0.6 is 11.3 Å². The molecule has 0 aliphatic carbocycles. The van der Waals surface area contributed by atoms with Crippen molar-refractivity contribution in [3.8, 4) is 11.1 Å². The second-order valence-corrected chi connectivity index (χ2v) is 6.69. The molecule has 0 atom stereocenters. The maximum absolute atomic E-state index is 13.0. The highest BCUT2D eigenvalue weighted by atomic mass is 32.1. The van der Waals surface area contributed by atoms with Gasteiger partial charge >= 0.3 is 0 Å². The zero-order valence-corrected chi connectivity index (χ0v) is 14.5. The third kappa shape index (κ3) is 2.78. The molecule has 0 bridgehead atoms. The van der Waals surface area contributed by atoms with Crippen molar-refractivity contribution < 1.29 is 4.92 Å². The van der Waals surface area contributed by atoms with E-state index in [-0.39, 0.29) is 11.2 Å². The Labute approximate surface area is 151 Å². The van der Waals surface area contributed by atoms with Crippen LogP contribution in [0.2, 0.25) is 0 Å².